The highest BCUT2D eigenvalue weighted by atomic mass is 35.5. The Hall–Kier alpha value is -2.41. The lowest BCUT2D eigenvalue weighted by Gasteiger charge is -2.02. The van der Waals surface area contributed by atoms with Crippen LogP contribution >= 0.6 is 34.5 Å². The lowest BCUT2D eigenvalue weighted by Crippen LogP contribution is -2.04. The molecule has 0 amide bonds. The molecular weight excluding hydrogens is 381 g/mol. The third-order valence-corrected chi connectivity index (χ3v) is 4.77. The second-order valence-electron chi connectivity index (χ2n) is 5.11. The molecule has 0 bridgehead atoms. The van der Waals surface area contributed by atoms with Gasteiger partial charge in [-0.2, -0.15) is 4.98 Å². The Bertz CT molecular complexity index is 1140. The lowest BCUT2D eigenvalue weighted by molar-refractivity contribution is 0.522. The minimum absolute atomic E-state index is 0.0896. The number of thiazole rings is 1. The molecule has 2 aromatic carbocycles. The molecule has 2 heterocycles. The van der Waals surface area contributed by atoms with Gasteiger partial charge in [0, 0.05) is 16.0 Å². The zero-order chi connectivity index (χ0) is 17.4. The van der Waals surface area contributed by atoms with Crippen molar-refractivity contribution in [1.29, 1.82) is 0 Å². The molecule has 0 radical (unpaired) electrons. The zero-order valence-electron chi connectivity index (χ0n) is 12.5. The minimum Gasteiger partial charge on any atom is -0.388 e. The van der Waals surface area contributed by atoms with Gasteiger partial charge < -0.3 is 4.42 Å². The van der Waals surface area contributed by atoms with Crippen LogP contribution in [-0.4, -0.2) is 9.97 Å². The summed E-state index contributed by atoms with van der Waals surface area (Å²) in [4.78, 5) is 20.7. The van der Waals surface area contributed by atoms with E-state index in [0.29, 0.717) is 31.8 Å². The molecule has 0 aliphatic heterocycles. The minimum atomic E-state index is -0.453. The van der Waals surface area contributed by atoms with Crippen molar-refractivity contribution in [1.82, 2.24) is 9.97 Å². The number of benzene rings is 2. The van der Waals surface area contributed by atoms with E-state index in [9.17, 15) is 4.79 Å². The monoisotopic (exact) mass is 389 g/mol. The third-order valence-electron chi connectivity index (χ3n) is 3.46. The molecule has 4 rings (SSSR count). The molecule has 0 unspecified atom stereocenters. The second-order valence-corrected chi connectivity index (χ2v) is 6.81. The van der Waals surface area contributed by atoms with Crippen LogP contribution in [0.5, 0.6) is 0 Å². The van der Waals surface area contributed by atoms with Crippen molar-refractivity contribution < 1.29 is 4.42 Å². The summed E-state index contributed by atoms with van der Waals surface area (Å²) in [5.41, 5.74) is 1.56. The van der Waals surface area contributed by atoms with Gasteiger partial charge in [-0.15, -0.1) is 11.3 Å². The van der Waals surface area contributed by atoms with E-state index in [1.165, 1.54) is 11.3 Å². The molecule has 0 fully saturated rings. The maximum Gasteiger partial charge on any atom is 0.348 e. The quantitative estimate of drug-likeness (QED) is 0.510. The average Bonchev–Trinajstić information content (AvgIpc) is 3.03. The van der Waals surface area contributed by atoms with Crippen LogP contribution in [0.3, 0.4) is 0 Å². The number of aromatic nitrogens is 2. The zero-order valence-corrected chi connectivity index (χ0v) is 14.8. The van der Waals surface area contributed by atoms with E-state index < -0.39 is 5.63 Å². The van der Waals surface area contributed by atoms with Crippen molar-refractivity contribution in [3.05, 3.63) is 68.3 Å². The second kappa shape index (κ2) is 6.48. The third kappa shape index (κ3) is 3.24. The lowest BCUT2D eigenvalue weighted by atomic mass is 10.2. The number of hydrogen-bond donors (Lipinski definition) is 1. The molecule has 0 atom stereocenters. The fraction of sp³-hybridized carbons (Fsp3) is 0. The van der Waals surface area contributed by atoms with Gasteiger partial charge in [0.25, 0.3) is 0 Å². The van der Waals surface area contributed by atoms with Crippen LogP contribution in [-0.2, 0) is 0 Å². The number of anilines is 2. The Morgan fingerprint density at radius 1 is 1.08 bits per heavy atom. The number of halogens is 2. The molecule has 124 valence electrons. The standard InChI is InChI=1S/C17H9Cl2N3O2S/c18-9-5-6-10(12(19)7-9)14-8-25-17(21-14)22-16-20-13-4-2-1-3-11(13)15(23)24-16/h1-8H,(H,20,21,22). The van der Waals surface area contributed by atoms with Crippen LogP contribution < -0.4 is 10.9 Å². The molecule has 25 heavy (non-hydrogen) atoms. The number of fused-ring (bicyclic) bond motifs is 1. The van der Waals surface area contributed by atoms with Crippen molar-refractivity contribution in [2.45, 2.75) is 0 Å². The molecule has 1 N–H and O–H groups in total. The summed E-state index contributed by atoms with van der Waals surface area (Å²) in [6.07, 6.45) is 0. The summed E-state index contributed by atoms with van der Waals surface area (Å²) in [6.45, 7) is 0. The number of rotatable bonds is 3. The average molecular weight is 390 g/mol. The first-order valence-corrected chi connectivity index (χ1v) is 8.81. The highest BCUT2D eigenvalue weighted by Gasteiger charge is 2.11. The number of para-hydroxylation sites is 1. The van der Waals surface area contributed by atoms with Crippen LogP contribution in [0.1, 0.15) is 0 Å². The molecule has 0 saturated heterocycles. The van der Waals surface area contributed by atoms with Gasteiger partial charge in [-0.1, -0.05) is 35.3 Å². The fourth-order valence-electron chi connectivity index (χ4n) is 2.32. The van der Waals surface area contributed by atoms with Crippen molar-refractivity contribution in [3.8, 4) is 11.3 Å². The van der Waals surface area contributed by atoms with Crippen molar-refractivity contribution in [2.24, 2.45) is 0 Å². The van der Waals surface area contributed by atoms with Crippen LogP contribution in [0.25, 0.3) is 22.2 Å². The van der Waals surface area contributed by atoms with E-state index in [2.05, 4.69) is 15.3 Å². The first-order chi connectivity index (χ1) is 12.1. The molecule has 0 aliphatic carbocycles. The maximum atomic E-state index is 12.0. The predicted molar refractivity (Wildman–Crippen MR) is 101 cm³/mol. The van der Waals surface area contributed by atoms with E-state index in [0.717, 1.165) is 5.56 Å². The fourth-order valence-corrected chi connectivity index (χ4v) is 3.52. The van der Waals surface area contributed by atoms with Crippen molar-refractivity contribution in [2.75, 3.05) is 5.32 Å². The van der Waals surface area contributed by atoms with Gasteiger partial charge >= 0.3 is 11.6 Å². The summed E-state index contributed by atoms with van der Waals surface area (Å²) in [5, 5.41) is 6.80. The molecule has 2 aromatic heterocycles. The first-order valence-electron chi connectivity index (χ1n) is 7.18. The molecule has 4 aromatic rings. The molecule has 0 spiro atoms. The van der Waals surface area contributed by atoms with Gasteiger partial charge in [-0.25, -0.2) is 9.78 Å². The smallest absolute Gasteiger partial charge is 0.348 e. The van der Waals surface area contributed by atoms with Crippen LogP contribution in [0, 0.1) is 0 Å². The summed E-state index contributed by atoms with van der Waals surface area (Å²) in [7, 11) is 0. The molecular formula is C17H9Cl2N3O2S. The predicted octanol–water partition coefficient (Wildman–Crippen LogP) is 5.36. The maximum absolute atomic E-state index is 12.0. The first kappa shape index (κ1) is 16.1. The molecule has 5 nitrogen and oxygen atoms in total. The highest BCUT2D eigenvalue weighted by molar-refractivity contribution is 7.14. The van der Waals surface area contributed by atoms with Gasteiger partial charge in [-0.05, 0) is 30.3 Å². The Kier molecular flexibility index (Phi) is 4.17. The Labute approximate surface area is 155 Å². The Morgan fingerprint density at radius 3 is 2.76 bits per heavy atom. The molecule has 0 saturated carbocycles. The van der Waals surface area contributed by atoms with Crippen molar-refractivity contribution in [3.63, 3.8) is 0 Å². The SMILES string of the molecule is O=c1oc(Nc2nc(-c3ccc(Cl)cc3Cl)cs2)nc2ccccc12. The summed E-state index contributed by atoms with van der Waals surface area (Å²) < 4.78 is 5.19. The normalized spacial score (nSPS) is 11.0. The van der Waals surface area contributed by atoms with Gasteiger partial charge in [-0.3, -0.25) is 5.32 Å². The largest absolute Gasteiger partial charge is 0.388 e. The Balaban J connectivity index is 1.66. The number of hydrogen-bond acceptors (Lipinski definition) is 6. The highest BCUT2D eigenvalue weighted by Crippen LogP contribution is 2.33. The summed E-state index contributed by atoms with van der Waals surface area (Å²) >= 11 is 13.5. The number of nitrogens with one attached hydrogen (secondary N) is 1. The Morgan fingerprint density at radius 2 is 1.92 bits per heavy atom. The van der Waals surface area contributed by atoms with Crippen molar-refractivity contribution >= 4 is 56.6 Å². The van der Waals surface area contributed by atoms with Crippen LogP contribution in [0.15, 0.2) is 57.1 Å². The van der Waals surface area contributed by atoms with E-state index in [4.69, 9.17) is 27.6 Å². The van der Waals surface area contributed by atoms with Crippen LogP contribution in [0.2, 0.25) is 10.0 Å². The van der Waals surface area contributed by atoms with Gasteiger partial charge in [0.2, 0.25) is 0 Å². The van der Waals surface area contributed by atoms with Gasteiger partial charge in [0.05, 0.1) is 21.6 Å². The van der Waals surface area contributed by atoms with Gasteiger partial charge in [0.15, 0.2) is 5.13 Å². The summed E-state index contributed by atoms with van der Waals surface area (Å²) in [6, 6.07) is 12.3. The summed E-state index contributed by atoms with van der Waals surface area (Å²) in [5.74, 6) is 0. The van der Waals surface area contributed by atoms with Crippen LogP contribution in [0.4, 0.5) is 11.1 Å². The molecule has 8 heteroatoms. The van der Waals surface area contributed by atoms with Gasteiger partial charge in [0.1, 0.15) is 0 Å². The topological polar surface area (TPSA) is 68.0 Å². The molecule has 0 aliphatic rings. The van der Waals surface area contributed by atoms with E-state index >= 15 is 0 Å². The van der Waals surface area contributed by atoms with E-state index in [1.807, 2.05) is 11.4 Å². The van der Waals surface area contributed by atoms with E-state index in [1.54, 1.807) is 36.4 Å². The van der Waals surface area contributed by atoms with E-state index in [-0.39, 0.29) is 6.01 Å². The number of nitrogens with zero attached hydrogens (tertiary/aromatic N) is 2.